The van der Waals surface area contributed by atoms with Crippen molar-refractivity contribution >= 4 is 40.7 Å². The van der Waals surface area contributed by atoms with Gasteiger partial charge in [0.15, 0.2) is 0 Å². The molecule has 0 bridgehead atoms. The van der Waals surface area contributed by atoms with Crippen LogP contribution in [0.25, 0.3) is 0 Å². The fourth-order valence-electron chi connectivity index (χ4n) is 2.16. The number of hydrogen-bond acceptors (Lipinski definition) is 4. The van der Waals surface area contributed by atoms with Crippen LogP contribution in [-0.2, 0) is 6.54 Å². The van der Waals surface area contributed by atoms with Gasteiger partial charge < -0.3 is 10.6 Å². The van der Waals surface area contributed by atoms with Gasteiger partial charge in [0.2, 0.25) is 5.95 Å². The Morgan fingerprint density at radius 1 is 1.00 bits per heavy atom. The van der Waals surface area contributed by atoms with Crippen molar-refractivity contribution < 1.29 is 9.18 Å². The van der Waals surface area contributed by atoms with E-state index in [0.717, 1.165) is 0 Å². The van der Waals surface area contributed by atoms with Crippen LogP contribution in [-0.4, -0.2) is 15.9 Å². The van der Waals surface area contributed by atoms with Gasteiger partial charge in [-0.3, -0.25) is 4.79 Å². The van der Waals surface area contributed by atoms with Crippen LogP contribution in [0.1, 0.15) is 15.9 Å². The number of nitrogens with zero attached hydrogens (tertiary/aromatic N) is 2. The highest BCUT2D eigenvalue weighted by atomic mass is 35.5. The molecule has 0 spiro atoms. The summed E-state index contributed by atoms with van der Waals surface area (Å²) in [6.45, 7) is 0.0702. The Bertz CT molecular complexity index is 914. The van der Waals surface area contributed by atoms with E-state index in [1.165, 1.54) is 18.5 Å². The van der Waals surface area contributed by atoms with Crippen molar-refractivity contribution in [2.24, 2.45) is 0 Å². The lowest BCUT2D eigenvalue weighted by Gasteiger charge is -2.09. The maximum absolute atomic E-state index is 13.6. The maximum Gasteiger partial charge on any atom is 0.254 e. The van der Waals surface area contributed by atoms with Crippen LogP contribution in [0, 0.1) is 5.82 Å². The monoisotopic (exact) mass is 390 g/mol. The van der Waals surface area contributed by atoms with Crippen LogP contribution in [0.5, 0.6) is 0 Å². The molecule has 0 unspecified atom stereocenters. The number of amides is 1. The second-order valence-corrected chi connectivity index (χ2v) is 6.11. The Kier molecular flexibility index (Phi) is 5.65. The van der Waals surface area contributed by atoms with Crippen molar-refractivity contribution in [3.05, 3.63) is 81.8 Å². The van der Waals surface area contributed by atoms with E-state index in [0.29, 0.717) is 21.3 Å². The second-order valence-electron chi connectivity index (χ2n) is 5.29. The summed E-state index contributed by atoms with van der Waals surface area (Å²) in [5.74, 6) is -0.540. The molecule has 0 radical (unpaired) electrons. The molecule has 1 heterocycles. The lowest BCUT2D eigenvalue weighted by molar-refractivity contribution is 0.0950. The zero-order chi connectivity index (χ0) is 18.5. The number of benzene rings is 2. The highest BCUT2D eigenvalue weighted by Gasteiger charge is 2.10. The lowest BCUT2D eigenvalue weighted by Crippen LogP contribution is -2.23. The average molecular weight is 391 g/mol. The van der Waals surface area contributed by atoms with Gasteiger partial charge in [0.1, 0.15) is 5.82 Å². The molecule has 0 aliphatic carbocycles. The van der Waals surface area contributed by atoms with Crippen molar-refractivity contribution in [3.8, 4) is 0 Å². The molecule has 0 saturated carbocycles. The first-order valence-electron chi connectivity index (χ1n) is 7.59. The molecular weight excluding hydrogens is 378 g/mol. The molecule has 0 atom stereocenters. The summed E-state index contributed by atoms with van der Waals surface area (Å²) < 4.78 is 13.6. The summed E-state index contributed by atoms with van der Waals surface area (Å²) in [7, 11) is 0. The van der Waals surface area contributed by atoms with Crippen molar-refractivity contribution in [3.63, 3.8) is 0 Å². The van der Waals surface area contributed by atoms with E-state index in [1.54, 1.807) is 36.4 Å². The standard InChI is InChI=1S/C18H13Cl2FN4O/c19-13-5-3-6-14(20)16(13)25-18-23-9-12(10-24-18)17(26)22-8-11-4-1-2-7-15(11)21/h1-7,9-10H,8H2,(H,22,26)(H,23,24,25). The molecule has 0 saturated heterocycles. The van der Waals surface area contributed by atoms with Gasteiger partial charge in [0.05, 0.1) is 21.3 Å². The molecule has 8 heteroatoms. The summed E-state index contributed by atoms with van der Waals surface area (Å²) in [6, 6.07) is 11.3. The first kappa shape index (κ1) is 18.1. The SMILES string of the molecule is O=C(NCc1ccccc1F)c1cnc(Nc2c(Cl)cccc2Cl)nc1. The zero-order valence-electron chi connectivity index (χ0n) is 13.3. The molecule has 132 valence electrons. The maximum atomic E-state index is 13.6. The van der Waals surface area contributed by atoms with Gasteiger partial charge >= 0.3 is 0 Å². The van der Waals surface area contributed by atoms with Crippen LogP contribution in [0.3, 0.4) is 0 Å². The average Bonchev–Trinajstić information content (AvgIpc) is 2.64. The fourth-order valence-corrected chi connectivity index (χ4v) is 2.65. The van der Waals surface area contributed by atoms with Crippen LogP contribution in [0.2, 0.25) is 10.0 Å². The molecule has 1 amide bonds. The molecule has 0 aliphatic rings. The molecule has 1 aromatic heterocycles. The zero-order valence-corrected chi connectivity index (χ0v) is 14.9. The van der Waals surface area contributed by atoms with Crippen molar-refractivity contribution in [1.29, 1.82) is 0 Å². The van der Waals surface area contributed by atoms with Crippen LogP contribution < -0.4 is 10.6 Å². The van der Waals surface area contributed by atoms with Gasteiger partial charge in [0, 0.05) is 24.5 Å². The van der Waals surface area contributed by atoms with Gasteiger partial charge in [-0.25, -0.2) is 14.4 Å². The summed E-state index contributed by atoms with van der Waals surface area (Å²) >= 11 is 12.2. The number of hydrogen-bond donors (Lipinski definition) is 2. The van der Waals surface area contributed by atoms with E-state index < -0.39 is 5.91 Å². The van der Waals surface area contributed by atoms with Crippen molar-refractivity contribution in [1.82, 2.24) is 15.3 Å². The van der Waals surface area contributed by atoms with Crippen LogP contribution >= 0.6 is 23.2 Å². The highest BCUT2D eigenvalue weighted by Crippen LogP contribution is 2.31. The minimum Gasteiger partial charge on any atom is -0.348 e. The Morgan fingerprint density at radius 3 is 2.31 bits per heavy atom. The molecular formula is C18H13Cl2FN4O. The molecule has 5 nitrogen and oxygen atoms in total. The minimum absolute atomic E-state index is 0.0702. The molecule has 2 N–H and O–H groups in total. The van der Waals surface area contributed by atoms with Crippen LogP contribution in [0.15, 0.2) is 54.9 Å². The van der Waals surface area contributed by atoms with E-state index in [1.807, 2.05) is 0 Å². The van der Waals surface area contributed by atoms with Crippen molar-refractivity contribution in [2.45, 2.75) is 6.54 Å². The Morgan fingerprint density at radius 2 is 1.65 bits per heavy atom. The second kappa shape index (κ2) is 8.12. The number of aromatic nitrogens is 2. The normalized spacial score (nSPS) is 10.4. The van der Waals surface area contributed by atoms with E-state index in [-0.39, 0.29) is 23.9 Å². The van der Waals surface area contributed by atoms with Crippen LogP contribution in [0.4, 0.5) is 16.0 Å². The summed E-state index contributed by atoms with van der Waals surface area (Å²) in [5, 5.41) is 6.37. The highest BCUT2D eigenvalue weighted by molar-refractivity contribution is 6.39. The fraction of sp³-hybridized carbons (Fsp3) is 0.0556. The predicted octanol–water partition coefficient (Wildman–Crippen LogP) is 4.60. The number of rotatable bonds is 5. The quantitative estimate of drug-likeness (QED) is 0.668. The van der Waals surface area contributed by atoms with Gasteiger partial charge in [-0.05, 0) is 18.2 Å². The summed E-state index contributed by atoms with van der Waals surface area (Å²) in [6.07, 6.45) is 2.72. The smallest absolute Gasteiger partial charge is 0.254 e. The first-order valence-corrected chi connectivity index (χ1v) is 8.35. The topological polar surface area (TPSA) is 66.9 Å². The van der Waals surface area contributed by atoms with E-state index in [9.17, 15) is 9.18 Å². The predicted molar refractivity (Wildman–Crippen MR) is 99.3 cm³/mol. The lowest BCUT2D eigenvalue weighted by atomic mass is 10.2. The third kappa shape index (κ3) is 4.28. The number of para-hydroxylation sites is 1. The summed E-state index contributed by atoms with van der Waals surface area (Å²) in [4.78, 5) is 20.3. The van der Waals surface area contributed by atoms with E-state index in [2.05, 4.69) is 20.6 Å². The van der Waals surface area contributed by atoms with Crippen molar-refractivity contribution in [2.75, 3.05) is 5.32 Å². The number of nitrogens with one attached hydrogen (secondary N) is 2. The third-order valence-electron chi connectivity index (χ3n) is 3.51. The molecule has 2 aromatic carbocycles. The number of carbonyl (C=O) groups excluding carboxylic acids is 1. The molecule has 0 aliphatic heterocycles. The number of carbonyl (C=O) groups is 1. The number of anilines is 2. The van der Waals surface area contributed by atoms with Gasteiger partial charge in [-0.15, -0.1) is 0 Å². The van der Waals surface area contributed by atoms with E-state index >= 15 is 0 Å². The van der Waals surface area contributed by atoms with E-state index in [4.69, 9.17) is 23.2 Å². The number of halogens is 3. The molecule has 3 aromatic rings. The van der Waals surface area contributed by atoms with Gasteiger partial charge in [-0.1, -0.05) is 47.5 Å². The van der Waals surface area contributed by atoms with Gasteiger partial charge in [0.25, 0.3) is 5.91 Å². The molecule has 0 fully saturated rings. The minimum atomic E-state index is -0.407. The Hall–Kier alpha value is -2.70. The third-order valence-corrected chi connectivity index (χ3v) is 4.14. The van der Waals surface area contributed by atoms with Gasteiger partial charge in [-0.2, -0.15) is 0 Å². The largest absolute Gasteiger partial charge is 0.348 e. The summed E-state index contributed by atoms with van der Waals surface area (Å²) in [5.41, 5.74) is 1.12. The molecule has 26 heavy (non-hydrogen) atoms. The Balaban J connectivity index is 1.65. The first-order chi connectivity index (χ1) is 12.5. The Labute approximate surface area is 159 Å². The molecule has 3 rings (SSSR count).